The highest BCUT2D eigenvalue weighted by Gasteiger charge is 2.13. The van der Waals surface area contributed by atoms with Crippen LogP contribution in [0.2, 0.25) is 0 Å². The van der Waals surface area contributed by atoms with Crippen molar-refractivity contribution in [3.05, 3.63) is 58.9 Å². The molecule has 24 heavy (non-hydrogen) atoms. The number of aliphatic hydroxyl groups excluding tert-OH is 1. The van der Waals surface area contributed by atoms with Gasteiger partial charge in [0, 0.05) is 36.2 Å². The first-order valence-corrected chi connectivity index (χ1v) is 8.06. The van der Waals surface area contributed by atoms with Gasteiger partial charge in [-0.2, -0.15) is 0 Å². The van der Waals surface area contributed by atoms with Gasteiger partial charge >= 0.3 is 0 Å². The summed E-state index contributed by atoms with van der Waals surface area (Å²) < 4.78 is 5.90. The zero-order chi connectivity index (χ0) is 17.5. The van der Waals surface area contributed by atoms with Crippen molar-refractivity contribution in [2.24, 2.45) is 0 Å². The van der Waals surface area contributed by atoms with Crippen molar-refractivity contribution in [3.63, 3.8) is 0 Å². The number of hydrogen-bond acceptors (Lipinski definition) is 4. The van der Waals surface area contributed by atoms with E-state index in [-0.39, 0.29) is 18.6 Å². The Hall–Kier alpha value is -2.40. The second-order valence-corrected chi connectivity index (χ2v) is 5.98. The van der Waals surface area contributed by atoms with E-state index in [1.807, 2.05) is 45.0 Å². The molecule has 128 valence electrons. The predicted octanol–water partition coefficient (Wildman–Crippen LogP) is 2.78. The number of nitrogens with zero attached hydrogens (tertiary/aromatic N) is 1. The van der Waals surface area contributed by atoms with Crippen LogP contribution in [0.15, 0.2) is 36.7 Å². The Morgan fingerprint density at radius 1 is 1.33 bits per heavy atom. The Morgan fingerprint density at radius 3 is 2.62 bits per heavy atom. The summed E-state index contributed by atoms with van der Waals surface area (Å²) in [6.07, 6.45) is 4.04. The van der Waals surface area contributed by atoms with E-state index in [1.54, 1.807) is 12.4 Å². The van der Waals surface area contributed by atoms with Gasteiger partial charge in [-0.25, -0.2) is 0 Å². The summed E-state index contributed by atoms with van der Waals surface area (Å²) in [6.45, 7) is 6.23. The molecule has 5 nitrogen and oxygen atoms in total. The molecule has 0 saturated heterocycles. The van der Waals surface area contributed by atoms with E-state index < -0.39 is 0 Å². The molecule has 2 N–H and O–H groups in total. The molecule has 1 aromatic carbocycles. The van der Waals surface area contributed by atoms with Gasteiger partial charge in [0.2, 0.25) is 0 Å². The number of benzene rings is 1. The Labute approximate surface area is 142 Å². The number of aliphatic hydroxyl groups is 1. The molecule has 0 aliphatic carbocycles. The molecule has 0 spiro atoms. The number of carbonyl (C=O) groups excluding carboxylic acids is 1. The lowest BCUT2D eigenvalue weighted by Crippen LogP contribution is -2.33. The lowest BCUT2D eigenvalue weighted by molar-refractivity contribution is 0.0934. The van der Waals surface area contributed by atoms with Crippen LogP contribution in [0.4, 0.5) is 0 Å². The van der Waals surface area contributed by atoms with Crippen LogP contribution >= 0.6 is 0 Å². The summed E-state index contributed by atoms with van der Waals surface area (Å²) in [5, 5.41) is 11.8. The number of carbonyl (C=O) groups is 1. The Bertz CT molecular complexity index is 663. The van der Waals surface area contributed by atoms with Gasteiger partial charge in [0.05, 0.1) is 0 Å². The van der Waals surface area contributed by atoms with Crippen LogP contribution in [-0.2, 0) is 6.61 Å². The van der Waals surface area contributed by atoms with E-state index in [1.165, 1.54) is 0 Å². The van der Waals surface area contributed by atoms with E-state index in [0.29, 0.717) is 18.6 Å². The lowest BCUT2D eigenvalue weighted by atomic mass is 10.0. The third-order valence-corrected chi connectivity index (χ3v) is 3.77. The van der Waals surface area contributed by atoms with Crippen LogP contribution < -0.4 is 10.1 Å². The third-order valence-electron chi connectivity index (χ3n) is 3.77. The summed E-state index contributed by atoms with van der Waals surface area (Å²) in [6, 6.07) is 7.42. The summed E-state index contributed by atoms with van der Waals surface area (Å²) in [4.78, 5) is 16.4. The summed E-state index contributed by atoms with van der Waals surface area (Å²) in [5.74, 6) is 0.653. The molecule has 0 unspecified atom stereocenters. The minimum Gasteiger partial charge on any atom is -0.488 e. The zero-order valence-electron chi connectivity index (χ0n) is 14.4. The normalized spacial score (nSPS) is 11.8. The zero-order valence-corrected chi connectivity index (χ0v) is 14.4. The van der Waals surface area contributed by atoms with Crippen molar-refractivity contribution >= 4 is 5.91 Å². The van der Waals surface area contributed by atoms with Crippen molar-refractivity contribution in [2.75, 3.05) is 6.61 Å². The van der Waals surface area contributed by atoms with Crippen molar-refractivity contribution in [3.8, 4) is 5.75 Å². The van der Waals surface area contributed by atoms with Gasteiger partial charge < -0.3 is 15.2 Å². The Morgan fingerprint density at radius 2 is 2.04 bits per heavy atom. The van der Waals surface area contributed by atoms with E-state index in [4.69, 9.17) is 9.84 Å². The SMILES string of the molecule is Cc1cc(C(=O)N[C@H](C)CCO)cc(C)c1OCc1cccnc1. The van der Waals surface area contributed by atoms with Crippen LogP contribution in [-0.4, -0.2) is 28.6 Å². The maximum absolute atomic E-state index is 12.3. The summed E-state index contributed by atoms with van der Waals surface area (Å²) in [5.41, 5.74) is 3.43. The molecular weight excluding hydrogens is 304 g/mol. The molecule has 0 aliphatic rings. The molecule has 0 bridgehead atoms. The van der Waals surface area contributed by atoms with Crippen LogP contribution in [0.5, 0.6) is 5.75 Å². The Balaban J connectivity index is 2.09. The molecule has 5 heteroatoms. The second kappa shape index (κ2) is 8.45. The summed E-state index contributed by atoms with van der Waals surface area (Å²) in [7, 11) is 0. The fourth-order valence-electron chi connectivity index (χ4n) is 2.52. The van der Waals surface area contributed by atoms with Gasteiger partial charge in [-0.05, 0) is 56.5 Å². The smallest absolute Gasteiger partial charge is 0.251 e. The summed E-state index contributed by atoms with van der Waals surface area (Å²) >= 11 is 0. The topological polar surface area (TPSA) is 71.5 Å². The molecule has 2 rings (SSSR count). The molecule has 0 saturated carbocycles. The number of ether oxygens (including phenoxy) is 1. The maximum Gasteiger partial charge on any atom is 0.251 e. The molecule has 1 atom stereocenters. The molecule has 2 aromatic rings. The van der Waals surface area contributed by atoms with Crippen LogP contribution in [0.25, 0.3) is 0 Å². The highest BCUT2D eigenvalue weighted by atomic mass is 16.5. The Kier molecular flexibility index (Phi) is 6.32. The standard InChI is InChI=1S/C19H24N2O3/c1-13-9-17(19(23)21-15(3)6-8-22)10-14(2)18(13)24-12-16-5-4-7-20-11-16/h4-5,7,9-11,15,22H,6,8,12H2,1-3H3,(H,21,23)/t15-/m1/s1. The molecule has 0 aliphatic heterocycles. The van der Waals surface area contributed by atoms with E-state index in [2.05, 4.69) is 10.3 Å². The maximum atomic E-state index is 12.3. The van der Waals surface area contributed by atoms with Crippen molar-refractivity contribution in [1.82, 2.24) is 10.3 Å². The van der Waals surface area contributed by atoms with E-state index in [0.717, 1.165) is 22.4 Å². The number of aromatic nitrogens is 1. The number of hydrogen-bond donors (Lipinski definition) is 2. The van der Waals surface area contributed by atoms with Gasteiger partial charge in [-0.3, -0.25) is 9.78 Å². The van der Waals surface area contributed by atoms with Gasteiger partial charge in [0.25, 0.3) is 5.91 Å². The average Bonchev–Trinajstić information content (AvgIpc) is 2.55. The van der Waals surface area contributed by atoms with Crippen LogP contribution in [0.1, 0.15) is 40.4 Å². The van der Waals surface area contributed by atoms with Gasteiger partial charge in [-0.15, -0.1) is 0 Å². The van der Waals surface area contributed by atoms with Crippen molar-refractivity contribution < 1.29 is 14.6 Å². The average molecular weight is 328 g/mol. The van der Waals surface area contributed by atoms with Gasteiger partial charge in [0.1, 0.15) is 12.4 Å². The van der Waals surface area contributed by atoms with Crippen LogP contribution in [0, 0.1) is 13.8 Å². The number of nitrogens with one attached hydrogen (secondary N) is 1. The second-order valence-electron chi connectivity index (χ2n) is 5.98. The quantitative estimate of drug-likeness (QED) is 0.820. The van der Waals surface area contributed by atoms with E-state index >= 15 is 0 Å². The third kappa shape index (κ3) is 4.80. The van der Waals surface area contributed by atoms with Crippen LogP contribution in [0.3, 0.4) is 0 Å². The minimum atomic E-state index is -0.138. The van der Waals surface area contributed by atoms with Gasteiger partial charge in [0.15, 0.2) is 0 Å². The largest absolute Gasteiger partial charge is 0.488 e. The molecule has 1 amide bonds. The molecule has 0 radical (unpaired) electrons. The monoisotopic (exact) mass is 328 g/mol. The highest BCUT2D eigenvalue weighted by Crippen LogP contribution is 2.25. The number of rotatable bonds is 7. The molecule has 0 fully saturated rings. The predicted molar refractivity (Wildman–Crippen MR) is 93.1 cm³/mol. The minimum absolute atomic E-state index is 0.0562. The fourth-order valence-corrected chi connectivity index (χ4v) is 2.52. The lowest BCUT2D eigenvalue weighted by Gasteiger charge is -2.16. The molecular formula is C19H24N2O3. The van der Waals surface area contributed by atoms with Gasteiger partial charge in [-0.1, -0.05) is 6.07 Å². The first-order valence-electron chi connectivity index (χ1n) is 8.06. The van der Waals surface area contributed by atoms with Crippen molar-refractivity contribution in [1.29, 1.82) is 0 Å². The number of aryl methyl sites for hydroxylation is 2. The first-order chi connectivity index (χ1) is 11.5. The fraction of sp³-hybridized carbons (Fsp3) is 0.368. The molecule has 1 aromatic heterocycles. The first kappa shape index (κ1) is 17.9. The number of pyridine rings is 1. The van der Waals surface area contributed by atoms with Crippen molar-refractivity contribution in [2.45, 2.75) is 39.8 Å². The van der Waals surface area contributed by atoms with E-state index in [9.17, 15) is 4.79 Å². The number of amides is 1. The highest BCUT2D eigenvalue weighted by molar-refractivity contribution is 5.95. The molecule has 1 heterocycles.